The van der Waals surface area contributed by atoms with Gasteiger partial charge in [0.1, 0.15) is 22.9 Å². The molecule has 0 fully saturated rings. The van der Waals surface area contributed by atoms with Gasteiger partial charge in [0.05, 0.1) is 19.8 Å². The molecule has 0 amide bonds. The molecule has 0 radical (unpaired) electrons. The number of methoxy groups -OCH3 is 2. The van der Waals surface area contributed by atoms with Crippen molar-refractivity contribution in [2.75, 3.05) is 14.2 Å². The van der Waals surface area contributed by atoms with Gasteiger partial charge in [-0.05, 0) is 30.3 Å². The molecule has 0 spiro atoms. The van der Waals surface area contributed by atoms with E-state index < -0.39 is 11.6 Å². The van der Waals surface area contributed by atoms with Gasteiger partial charge < -0.3 is 9.47 Å². The van der Waals surface area contributed by atoms with Gasteiger partial charge in [0.15, 0.2) is 0 Å². The van der Waals surface area contributed by atoms with Crippen molar-refractivity contribution in [1.82, 2.24) is 0 Å². The summed E-state index contributed by atoms with van der Waals surface area (Å²) in [6, 6.07) is 8.81. The third-order valence-corrected chi connectivity index (χ3v) is 3.07. The minimum Gasteiger partial charge on any atom is -0.496 e. The molecular weight excluding hydrogens is 283 g/mol. The summed E-state index contributed by atoms with van der Waals surface area (Å²) in [5.74, 6) is -0.559. The average molecular weight is 295 g/mol. The number of ketones is 1. The van der Waals surface area contributed by atoms with Crippen LogP contribution in [0.15, 0.2) is 36.4 Å². The normalized spacial score (nSPS) is 10.2. The van der Waals surface area contributed by atoms with Crippen LogP contribution in [0.25, 0.3) is 0 Å². The Morgan fingerprint density at radius 3 is 2.20 bits per heavy atom. The predicted octanol–water partition coefficient (Wildman–Crippen LogP) is 3.73. The molecule has 0 unspecified atom stereocenters. The third kappa shape index (κ3) is 2.60. The molecule has 0 aliphatic rings. The highest BCUT2D eigenvalue weighted by Gasteiger charge is 2.22. The molecule has 0 N–H and O–H groups in total. The van der Waals surface area contributed by atoms with E-state index in [1.165, 1.54) is 26.4 Å². The van der Waals surface area contributed by atoms with Gasteiger partial charge in [-0.15, -0.1) is 0 Å². The van der Waals surface area contributed by atoms with E-state index in [2.05, 4.69) is 0 Å². The highest BCUT2D eigenvalue weighted by molar-refractivity contribution is 6.30. The first-order valence-electron chi connectivity index (χ1n) is 5.79. The number of benzene rings is 2. The van der Waals surface area contributed by atoms with Crippen molar-refractivity contribution >= 4 is 17.4 Å². The summed E-state index contributed by atoms with van der Waals surface area (Å²) >= 11 is 5.68. The van der Waals surface area contributed by atoms with Gasteiger partial charge in [-0.25, -0.2) is 4.39 Å². The fourth-order valence-corrected chi connectivity index (χ4v) is 2.04. The first-order valence-corrected chi connectivity index (χ1v) is 6.17. The molecule has 0 saturated carbocycles. The molecule has 0 heterocycles. The molecular formula is C15H12ClFO3. The number of rotatable bonds is 4. The van der Waals surface area contributed by atoms with Gasteiger partial charge in [-0.2, -0.15) is 0 Å². The zero-order valence-corrected chi connectivity index (χ0v) is 11.7. The fraction of sp³-hybridized carbons (Fsp3) is 0.133. The Bertz CT molecular complexity index is 633. The average Bonchev–Trinajstić information content (AvgIpc) is 2.45. The van der Waals surface area contributed by atoms with Crippen molar-refractivity contribution < 1.29 is 18.7 Å². The number of ether oxygens (including phenoxy) is 2. The van der Waals surface area contributed by atoms with Gasteiger partial charge in [0.25, 0.3) is 0 Å². The van der Waals surface area contributed by atoms with Crippen molar-refractivity contribution in [2.45, 2.75) is 0 Å². The molecule has 20 heavy (non-hydrogen) atoms. The molecule has 3 nitrogen and oxygen atoms in total. The van der Waals surface area contributed by atoms with Crippen molar-refractivity contribution in [2.24, 2.45) is 0 Å². The van der Waals surface area contributed by atoms with Gasteiger partial charge >= 0.3 is 0 Å². The Morgan fingerprint density at radius 1 is 1.10 bits per heavy atom. The van der Waals surface area contributed by atoms with E-state index in [0.717, 1.165) is 6.07 Å². The minimum absolute atomic E-state index is 0.0859. The van der Waals surface area contributed by atoms with E-state index in [9.17, 15) is 9.18 Å². The Balaban J connectivity index is 2.58. The highest BCUT2D eigenvalue weighted by Crippen LogP contribution is 2.31. The molecule has 0 aliphatic carbocycles. The monoisotopic (exact) mass is 294 g/mol. The summed E-state index contributed by atoms with van der Waals surface area (Å²) in [4.78, 5) is 12.5. The maximum atomic E-state index is 13.9. The van der Waals surface area contributed by atoms with Crippen LogP contribution in [0.4, 0.5) is 4.39 Å². The zero-order valence-electron chi connectivity index (χ0n) is 10.9. The standard InChI is InChI=1S/C15H12ClFO3/c1-19-12-4-3-5-13(20-2)14(12)15(18)10-7-6-9(16)8-11(10)17/h3-8H,1-2H3. The molecule has 5 heteroatoms. The summed E-state index contributed by atoms with van der Waals surface area (Å²) in [7, 11) is 2.87. The van der Waals surface area contributed by atoms with E-state index in [4.69, 9.17) is 21.1 Å². The lowest BCUT2D eigenvalue weighted by Gasteiger charge is -2.12. The second kappa shape index (κ2) is 5.92. The Morgan fingerprint density at radius 2 is 1.70 bits per heavy atom. The van der Waals surface area contributed by atoms with Crippen LogP contribution in [0.3, 0.4) is 0 Å². The van der Waals surface area contributed by atoms with Crippen LogP contribution in [0.1, 0.15) is 15.9 Å². The largest absolute Gasteiger partial charge is 0.496 e. The Kier molecular flexibility index (Phi) is 4.25. The lowest BCUT2D eigenvalue weighted by Crippen LogP contribution is -2.08. The second-order valence-corrected chi connectivity index (χ2v) is 4.43. The second-order valence-electron chi connectivity index (χ2n) is 3.99. The van der Waals surface area contributed by atoms with Crippen LogP contribution >= 0.6 is 11.6 Å². The molecule has 0 bridgehead atoms. The zero-order chi connectivity index (χ0) is 14.7. The predicted molar refractivity (Wildman–Crippen MR) is 74.4 cm³/mol. The topological polar surface area (TPSA) is 35.5 Å². The number of carbonyl (C=O) groups is 1. The van der Waals surface area contributed by atoms with E-state index in [1.54, 1.807) is 18.2 Å². The summed E-state index contributed by atoms with van der Waals surface area (Å²) in [5, 5.41) is 0.228. The maximum absolute atomic E-state index is 13.9. The fourth-order valence-electron chi connectivity index (χ4n) is 1.88. The lowest BCUT2D eigenvalue weighted by atomic mass is 10.0. The first-order chi connectivity index (χ1) is 9.58. The van der Waals surface area contributed by atoms with Crippen molar-refractivity contribution in [1.29, 1.82) is 0 Å². The summed E-state index contributed by atoms with van der Waals surface area (Å²) < 4.78 is 24.2. The van der Waals surface area contributed by atoms with Crippen LogP contribution in [-0.4, -0.2) is 20.0 Å². The quantitative estimate of drug-likeness (QED) is 0.806. The minimum atomic E-state index is -0.685. The number of carbonyl (C=O) groups excluding carboxylic acids is 1. The molecule has 2 aromatic rings. The van der Waals surface area contributed by atoms with Crippen LogP contribution in [0, 0.1) is 5.82 Å². The van der Waals surface area contributed by atoms with Crippen LogP contribution < -0.4 is 9.47 Å². The molecule has 0 aliphatic heterocycles. The van der Waals surface area contributed by atoms with Gasteiger partial charge in [0, 0.05) is 5.02 Å². The SMILES string of the molecule is COc1cccc(OC)c1C(=O)c1ccc(Cl)cc1F. The van der Waals surface area contributed by atoms with E-state index in [0.29, 0.717) is 11.5 Å². The summed E-state index contributed by atoms with van der Waals surface area (Å²) in [6.45, 7) is 0. The van der Waals surface area contributed by atoms with E-state index >= 15 is 0 Å². The van der Waals surface area contributed by atoms with Crippen molar-refractivity contribution in [3.63, 3.8) is 0 Å². The molecule has 2 aromatic carbocycles. The van der Waals surface area contributed by atoms with Gasteiger partial charge in [0.2, 0.25) is 5.78 Å². The highest BCUT2D eigenvalue weighted by atomic mass is 35.5. The summed E-state index contributed by atoms with van der Waals surface area (Å²) in [6.07, 6.45) is 0. The first kappa shape index (κ1) is 14.3. The Labute approximate surface area is 120 Å². The van der Waals surface area contributed by atoms with Crippen LogP contribution in [-0.2, 0) is 0 Å². The molecule has 0 atom stereocenters. The Hall–Kier alpha value is -2.07. The number of hydrogen-bond acceptors (Lipinski definition) is 3. The molecule has 2 rings (SSSR count). The third-order valence-electron chi connectivity index (χ3n) is 2.83. The van der Waals surface area contributed by atoms with E-state index in [-0.39, 0.29) is 16.1 Å². The van der Waals surface area contributed by atoms with Crippen molar-refractivity contribution in [3.05, 3.63) is 58.4 Å². The van der Waals surface area contributed by atoms with Crippen LogP contribution in [0.2, 0.25) is 5.02 Å². The van der Waals surface area contributed by atoms with Gasteiger partial charge in [-0.3, -0.25) is 4.79 Å². The van der Waals surface area contributed by atoms with Crippen molar-refractivity contribution in [3.8, 4) is 11.5 Å². The number of hydrogen-bond donors (Lipinski definition) is 0. The van der Waals surface area contributed by atoms with Gasteiger partial charge in [-0.1, -0.05) is 17.7 Å². The van der Waals surface area contributed by atoms with E-state index in [1.807, 2.05) is 0 Å². The molecule has 104 valence electrons. The number of halogens is 2. The smallest absolute Gasteiger partial charge is 0.203 e. The molecule has 0 aromatic heterocycles. The molecule has 0 saturated heterocycles. The van der Waals surface area contributed by atoms with Crippen LogP contribution in [0.5, 0.6) is 11.5 Å². The maximum Gasteiger partial charge on any atom is 0.203 e. The summed E-state index contributed by atoms with van der Waals surface area (Å²) in [5.41, 5.74) is 0.0934. The lowest BCUT2D eigenvalue weighted by molar-refractivity contribution is 0.102.